The molecule has 2 aromatic heterocycles. The van der Waals surface area contributed by atoms with E-state index in [-0.39, 0.29) is 11.7 Å². The van der Waals surface area contributed by atoms with Gasteiger partial charge in [0.05, 0.1) is 7.05 Å². The van der Waals surface area contributed by atoms with Crippen molar-refractivity contribution >= 4 is 11.6 Å². The van der Waals surface area contributed by atoms with Crippen molar-refractivity contribution in [1.82, 2.24) is 15.2 Å². The van der Waals surface area contributed by atoms with Crippen LogP contribution in [0.15, 0.2) is 10.7 Å². The molecule has 0 radical (unpaired) electrons. The van der Waals surface area contributed by atoms with E-state index < -0.39 is 0 Å². The van der Waals surface area contributed by atoms with E-state index in [0.717, 1.165) is 0 Å². The number of rotatable bonds is 1. The first-order valence-electron chi connectivity index (χ1n) is 4.29. The average molecular weight is 207 g/mol. The van der Waals surface area contributed by atoms with Crippen LogP contribution in [0.2, 0.25) is 0 Å². The Bertz CT molecular complexity index is 506. The minimum absolute atomic E-state index is 0.272. The van der Waals surface area contributed by atoms with Gasteiger partial charge >= 0.3 is 0 Å². The first-order valence-corrected chi connectivity index (χ1v) is 4.29. The first kappa shape index (κ1) is 9.38. The van der Waals surface area contributed by atoms with Gasteiger partial charge in [0, 0.05) is 6.92 Å². The van der Waals surface area contributed by atoms with E-state index in [1.807, 2.05) is 0 Å². The first-order chi connectivity index (χ1) is 7.09. The van der Waals surface area contributed by atoms with Crippen molar-refractivity contribution in [3.8, 4) is 11.5 Å². The SMILES string of the molecule is Cc1nnc(-c2c(N)nc[n+](C)c2N)o1. The minimum Gasteiger partial charge on any atom is -0.421 e. The van der Waals surface area contributed by atoms with Crippen molar-refractivity contribution in [1.29, 1.82) is 0 Å². The van der Waals surface area contributed by atoms with Crippen LogP contribution in [0.1, 0.15) is 5.89 Å². The fraction of sp³-hybridized carbons (Fsp3) is 0.250. The molecule has 0 aliphatic carbocycles. The highest BCUT2D eigenvalue weighted by molar-refractivity contribution is 5.75. The number of anilines is 2. The van der Waals surface area contributed by atoms with Crippen molar-refractivity contribution in [3.63, 3.8) is 0 Å². The molecule has 0 fully saturated rings. The van der Waals surface area contributed by atoms with Gasteiger partial charge in [-0.2, -0.15) is 0 Å². The van der Waals surface area contributed by atoms with Crippen molar-refractivity contribution in [2.75, 3.05) is 11.5 Å². The molecule has 0 aliphatic rings. The number of hydrogen-bond acceptors (Lipinski definition) is 6. The van der Waals surface area contributed by atoms with Crippen molar-refractivity contribution in [3.05, 3.63) is 12.2 Å². The Morgan fingerprint density at radius 3 is 2.67 bits per heavy atom. The summed E-state index contributed by atoms with van der Waals surface area (Å²) < 4.78 is 6.88. The fourth-order valence-corrected chi connectivity index (χ4v) is 1.20. The summed E-state index contributed by atoms with van der Waals surface area (Å²) in [4.78, 5) is 3.96. The molecule has 0 unspecified atom stereocenters. The van der Waals surface area contributed by atoms with Gasteiger partial charge in [-0.05, 0) is 0 Å². The lowest BCUT2D eigenvalue weighted by molar-refractivity contribution is -0.659. The number of nitrogen functional groups attached to an aromatic ring is 2. The van der Waals surface area contributed by atoms with Crippen LogP contribution >= 0.6 is 0 Å². The molecule has 15 heavy (non-hydrogen) atoms. The van der Waals surface area contributed by atoms with Gasteiger partial charge in [-0.3, -0.25) is 0 Å². The predicted octanol–water partition coefficient (Wildman–Crippen LogP) is -0.571. The van der Waals surface area contributed by atoms with Gasteiger partial charge in [-0.25, -0.2) is 4.57 Å². The summed E-state index contributed by atoms with van der Waals surface area (Å²) in [5.41, 5.74) is 12.0. The summed E-state index contributed by atoms with van der Waals surface area (Å²) in [5.74, 6) is 1.45. The molecule has 2 aromatic rings. The second kappa shape index (κ2) is 3.19. The van der Waals surface area contributed by atoms with Crippen LogP contribution in [0.4, 0.5) is 11.6 Å². The van der Waals surface area contributed by atoms with Crippen LogP contribution in [0.5, 0.6) is 0 Å². The molecule has 0 saturated heterocycles. The van der Waals surface area contributed by atoms with Gasteiger partial charge in [0.15, 0.2) is 5.56 Å². The number of nitrogens with zero attached hydrogens (tertiary/aromatic N) is 4. The quantitative estimate of drug-likeness (QED) is 0.606. The van der Waals surface area contributed by atoms with Crippen LogP contribution in [-0.4, -0.2) is 15.2 Å². The van der Waals surface area contributed by atoms with E-state index in [0.29, 0.717) is 17.3 Å². The van der Waals surface area contributed by atoms with Crippen LogP contribution in [0.3, 0.4) is 0 Å². The highest BCUT2D eigenvalue weighted by Gasteiger charge is 2.21. The predicted molar refractivity (Wildman–Crippen MR) is 52.3 cm³/mol. The van der Waals surface area contributed by atoms with Gasteiger partial charge in [-0.1, -0.05) is 4.98 Å². The lowest BCUT2D eigenvalue weighted by Crippen LogP contribution is -2.33. The van der Waals surface area contributed by atoms with Gasteiger partial charge < -0.3 is 15.9 Å². The molecule has 0 aliphatic heterocycles. The number of nitrogens with two attached hydrogens (primary N) is 2. The molecule has 0 bridgehead atoms. The molecule has 2 heterocycles. The third kappa shape index (κ3) is 1.47. The molecule has 7 nitrogen and oxygen atoms in total. The largest absolute Gasteiger partial charge is 0.421 e. The van der Waals surface area contributed by atoms with Gasteiger partial charge in [-0.15, -0.1) is 10.2 Å². The van der Waals surface area contributed by atoms with Crippen molar-refractivity contribution in [2.45, 2.75) is 6.92 Å². The van der Waals surface area contributed by atoms with E-state index in [1.165, 1.54) is 6.33 Å². The van der Waals surface area contributed by atoms with Crippen molar-refractivity contribution < 1.29 is 8.98 Å². The Balaban J connectivity index is 2.66. The van der Waals surface area contributed by atoms with Gasteiger partial charge in [0.2, 0.25) is 23.9 Å². The average Bonchev–Trinajstić information content (AvgIpc) is 2.59. The second-order valence-electron chi connectivity index (χ2n) is 3.13. The van der Waals surface area contributed by atoms with Crippen LogP contribution < -0.4 is 16.0 Å². The Hall–Kier alpha value is -2.18. The Labute approximate surface area is 85.7 Å². The number of aromatic nitrogens is 4. The van der Waals surface area contributed by atoms with Crippen LogP contribution in [0, 0.1) is 6.92 Å². The van der Waals surface area contributed by atoms with E-state index >= 15 is 0 Å². The highest BCUT2D eigenvalue weighted by atomic mass is 16.4. The summed E-state index contributed by atoms with van der Waals surface area (Å²) in [6.07, 6.45) is 1.53. The summed E-state index contributed by atoms with van der Waals surface area (Å²) >= 11 is 0. The molecule has 0 saturated carbocycles. The monoisotopic (exact) mass is 207 g/mol. The lowest BCUT2D eigenvalue weighted by atomic mass is 10.3. The summed E-state index contributed by atoms with van der Waals surface area (Å²) in [7, 11) is 1.76. The lowest BCUT2D eigenvalue weighted by Gasteiger charge is -2.01. The number of hydrogen-bond donors (Lipinski definition) is 2. The molecular weight excluding hydrogens is 196 g/mol. The fourth-order valence-electron chi connectivity index (χ4n) is 1.20. The van der Waals surface area contributed by atoms with Gasteiger partial charge in [0.1, 0.15) is 0 Å². The second-order valence-corrected chi connectivity index (χ2v) is 3.13. The molecule has 7 heteroatoms. The molecular formula is C8H11N6O+. The molecule has 78 valence electrons. The van der Waals surface area contributed by atoms with E-state index in [1.54, 1.807) is 18.5 Å². The summed E-state index contributed by atoms with van der Waals surface area (Å²) in [6.45, 7) is 1.69. The smallest absolute Gasteiger partial charge is 0.259 e. The van der Waals surface area contributed by atoms with Gasteiger partial charge in [0.25, 0.3) is 5.89 Å². The van der Waals surface area contributed by atoms with E-state index in [9.17, 15) is 0 Å². The molecule has 0 spiro atoms. The third-order valence-electron chi connectivity index (χ3n) is 2.00. The molecule has 4 N–H and O–H groups in total. The number of aryl methyl sites for hydroxylation is 2. The summed E-state index contributed by atoms with van der Waals surface area (Å²) in [5, 5.41) is 7.56. The molecule has 0 aromatic carbocycles. The summed E-state index contributed by atoms with van der Waals surface area (Å²) in [6, 6.07) is 0. The van der Waals surface area contributed by atoms with Crippen LogP contribution in [-0.2, 0) is 7.05 Å². The molecule has 0 amide bonds. The zero-order valence-corrected chi connectivity index (χ0v) is 8.43. The van der Waals surface area contributed by atoms with Crippen LogP contribution in [0.25, 0.3) is 11.5 Å². The maximum absolute atomic E-state index is 5.84. The normalized spacial score (nSPS) is 10.5. The van der Waals surface area contributed by atoms with Crippen molar-refractivity contribution in [2.24, 2.45) is 7.05 Å². The van der Waals surface area contributed by atoms with E-state index in [2.05, 4.69) is 15.2 Å². The Morgan fingerprint density at radius 2 is 2.07 bits per heavy atom. The maximum Gasteiger partial charge on any atom is 0.259 e. The zero-order chi connectivity index (χ0) is 11.0. The molecule has 2 rings (SSSR count). The topological polar surface area (TPSA) is 108 Å². The molecule has 0 atom stereocenters. The van der Waals surface area contributed by atoms with E-state index in [4.69, 9.17) is 15.9 Å². The standard InChI is InChI=1S/C8H10N6O/c1-4-12-13-8(15-4)5-6(9)11-3-14(2)7(5)10/h3H,1-2H3,(H3,9,10,13)/p+1. The Morgan fingerprint density at radius 1 is 1.33 bits per heavy atom. The zero-order valence-electron chi connectivity index (χ0n) is 8.43. The Kier molecular flexibility index (Phi) is 2.00. The third-order valence-corrected chi connectivity index (χ3v) is 2.00. The minimum atomic E-state index is 0.272. The maximum atomic E-state index is 5.84. The highest BCUT2D eigenvalue weighted by Crippen LogP contribution is 2.25.